The number of aryl methyl sites for hydroxylation is 1. The van der Waals surface area contributed by atoms with E-state index in [4.69, 9.17) is 4.74 Å². The zero-order valence-electron chi connectivity index (χ0n) is 11.8. The maximum absolute atomic E-state index is 12.0. The highest BCUT2D eigenvalue weighted by atomic mass is 16.5. The van der Waals surface area contributed by atoms with Crippen molar-refractivity contribution in [1.82, 2.24) is 0 Å². The number of esters is 1. The average Bonchev–Trinajstić information content (AvgIpc) is 2.48. The molecule has 104 valence electrons. The van der Waals surface area contributed by atoms with Gasteiger partial charge in [0, 0.05) is 5.69 Å². The molecular weight excluding hydrogens is 250 g/mol. The van der Waals surface area contributed by atoms with E-state index in [2.05, 4.69) is 18.3 Å². The minimum atomic E-state index is -0.400. The molecule has 2 aromatic carbocycles. The zero-order chi connectivity index (χ0) is 14.4. The molecule has 3 heteroatoms. The van der Waals surface area contributed by atoms with Crippen LogP contribution in [-0.4, -0.2) is 12.0 Å². The summed E-state index contributed by atoms with van der Waals surface area (Å²) in [5, 5.41) is 3.21. The number of hydrogen-bond acceptors (Lipinski definition) is 3. The Morgan fingerprint density at radius 3 is 2.45 bits per heavy atom. The molecule has 3 nitrogen and oxygen atoms in total. The highest BCUT2D eigenvalue weighted by molar-refractivity contribution is 5.81. The Morgan fingerprint density at radius 1 is 1.10 bits per heavy atom. The molecule has 0 fully saturated rings. The molecule has 0 amide bonds. The third kappa shape index (κ3) is 3.60. The molecule has 1 N–H and O–H groups in total. The van der Waals surface area contributed by atoms with E-state index in [0.29, 0.717) is 5.75 Å². The van der Waals surface area contributed by atoms with Crippen LogP contribution in [0.5, 0.6) is 5.75 Å². The molecule has 0 saturated heterocycles. The first-order chi connectivity index (χ1) is 9.70. The number of ether oxygens (including phenoxy) is 1. The van der Waals surface area contributed by atoms with Crippen LogP contribution >= 0.6 is 0 Å². The highest BCUT2D eigenvalue weighted by Gasteiger charge is 2.15. The van der Waals surface area contributed by atoms with Crippen molar-refractivity contribution in [2.45, 2.75) is 26.3 Å². The van der Waals surface area contributed by atoms with Crippen LogP contribution in [0.4, 0.5) is 5.69 Å². The molecule has 0 aliphatic rings. The van der Waals surface area contributed by atoms with E-state index in [9.17, 15) is 4.79 Å². The number of hydrogen-bond donors (Lipinski definition) is 1. The zero-order valence-corrected chi connectivity index (χ0v) is 11.8. The Bertz CT molecular complexity index is 566. The molecule has 1 atom stereocenters. The van der Waals surface area contributed by atoms with E-state index >= 15 is 0 Å². The fraction of sp³-hybridized carbons (Fsp3) is 0.235. The van der Waals surface area contributed by atoms with Crippen molar-refractivity contribution in [2.24, 2.45) is 0 Å². The summed E-state index contributed by atoms with van der Waals surface area (Å²) in [6.07, 6.45) is 0.920. The van der Waals surface area contributed by atoms with E-state index in [1.807, 2.05) is 36.4 Å². The summed E-state index contributed by atoms with van der Waals surface area (Å²) in [5.74, 6) is 0.275. The number of carbonyl (C=O) groups excluding carboxylic acids is 1. The summed E-state index contributed by atoms with van der Waals surface area (Å²) in [5.41, 5.74) is 2.17. The first-order valence-electron chi connectivity index (χ1n) is 6.82. The molecule has 0 bridgehead atoms. The maximum Gasteiger partial charge on any atom is 0.333 e. The fourth-order valence-corrected chi connectivity index (χ4v) is 1.95. The van der Waals surface area contributed by atoms with Crippen LogP contribution in [0.2, 0.25) is 0 Å². The molecule has 0 heterocycles. The largest absolute Gasteiger partial charge is 0.425 e. The molecule has 2 rings (SSSR count). The van der Waals surface area contributed by atoms with Crippen LogP contribution in [-0.2, 0) is 11.2 Å². The fourth-order valence-electron chi connectivity index (χ4n) is 1.95. The van der Waals surface area contributed by atoms with Gasteiger partial charge in [-0.3, -0.25) is 0 Å². The lowest BCUT2D eigenvalue weighted by Crippen LogP contribution is -2.30. The van der Waals surface area contributed by atoms with Crippen molar-refractivity contribution in [2.75, 3.05) is 5.32 Å². The molecular formula is C17H19NO2. The maximum atomic E-state index is 12.0. The van der Waals surface area contributed by atoms with Crippen molar-refractivity contribution in [3.8, 4) is 5.75 Å². The Morgan fingerprint density at radius 2 is 1.75 bits per heavy atom. The lowest BCUT2D eigenvalue weighted by Gasteiger charge is -2.16. The predicted octanol–water partition coefficient (Wildman–Crippen LogP) is 3.66. The third-order valence-corrected chi connectivity index (χ3v) is 3.09. The van der Waals surface area contributed by atoms with Crippen LogP contribution in [0, 0.1) is 0 Å². The van der Waals surface area contributed by atoms with Gasteiger partial charge in [-0.15, -0.1) is 0 Å². The van der Waals surface area contributed by atoms with Crippen LogP contribution in [0.3, 0.4) is 0 Å². The number of nitrogens with one attached hydrogen (secondary N) is 1. The van der Waals surface area contributed by atoms with Crippen molar-refractivity contribution in [3.63, 3.8) is 0 Å². The van der Waals surface area contributed by atoms with Gasteiger partial charge in [-0.05, 0) is 37.1 Å². The minimum Gasteiger partial charge on any atom is -0.425 e. The lowest BCUT2D eigenvalue weighted by atomic mass is 10.1. The Balaban J connectivity index is 2.01. The number of rotatable bonds is 5. The van der Waals surface area contributed by atoms with Gasteiger partial charge >= 0.3 is 5.97 Å². The standard InChI is InChI=1S/C17H19NO2/c1-3-14-9-7-8-12-16(14)18-13(2)17(19)20-15-10-5-4-6-11-15/h4-13,18H,3H2,1-2H3/t13-/m0/s1. The number of anilines is 1. The van der Waals surface area contributed by atoms with Crippen LogP contribution in [0.1, 0.15) is 19.4 Å². The van der Waals surface area contributed by atoms with Gasteiger partial charge in [0.15, 0.2) is 0 Å². The van der Waals surface area contributed by atoms with Gasteiger partial charge in [-0.25, -0.2) is 4.79 Å². The first kappa shape index (κ1) is 14.1. The van der Waals surface area contributed by atoms with E-state index in [1.165, 1.54) is 5.56 Å². The normalized spacial score (nSPS) is 11.7. The topological polar surface area (TPSA) is 38.3 Å². The second-order valence-electron chi connectivity index (χ2n) is 4.61. The summed E-state index contributed by atoms with van der Waals surface area (Å²) < 4.78 is 5.32. The first-order valence-corrected chi connectivity index (χ1v) is 6.82. The minimum absolute atomic E-state index is 0.290. The quantitative estimate of drug-likeness (QED) is 0.665. The van der Waals surface area contributed by atoms with E-state index in [0.717, 1.165) is 12.1 Å². The molecule has 0 aromatic heterocycles. The van der Waals surface area contributed by atoms with Crippen molar-refractivity contribution >= 4 is 11.7 Å². The number of para-hydroxylation sites is 2. The van der Waals surface area contributed by atoms with Crippen LogP contribution < -0.4 is 10.1 Å². The van der Waals surface area contributed by atoms with E-state index in [1.54, 1.807) is 19.1 Å². The Kier molecular flexibility index (Phi) is 4.77. The van der Waals surface area contributed by atoms with Crippen molar-refractivity contribution in [3.05, 3.63) is 60.2 Å². The predicted molar refractivity (Wildman–Crippen MR) is 81.0 cm³/mol. The summed E-state index contributed by atoms with van der Waals surface area (Å²) in [6.45, 7) is 3.89. The molecule has 20 heavy (non-hydrogen) atoms. The molecule has 0 unspecified atom stereocenters. The summed E-state index contributed by atoms with van der Waals surface area (Å²) in [4.78, 5) is 12.0. The molecule has 2 aromatic rings. The number of carbonyl (C=O) groups is 1. The lowest BCUT2D eigenvalue weighted by molar-refractivity contribution is -0.134. The molecule has 0 spiro atoms. The number of benzene rings is 2. The Labute approximate surface area is 119 Å². The summed E-state index contributed by atoms with van der Waals surface area (Å²) in [6, 6.07) is 16.7. The van der Waals surface area contributed by atoms with Gasteiger partial charge < -0.3 is 10.1 Å². The van der Waals surface area contributed by atoms with Crippen LogP contribution in [0.25, 0.3) is 0 Å². The molecule has 0 aliphatic carbocycles. The average molecular weight is 269 g/mol. The highest BCUT2D eigenvalue weighted by Crippen LogP contribution is 2.17. The molecule has 0 saturated carbocycles. The van der Waals surface area contributed by atoms with Crippen molar-refractivity contribution < 1.29 is 9.53 Å². The second kappa shape index (κ2) is 6.75. The smallest absolute Gasteiger partial charge is 0.333 e. The van der Waals surface area contributed by atoms with E-state index in [-0.39, 0.29) is 5.97 Å². The monoisotopic (exact) mass is 269 g/mol. The third-order valence-electron chi connectivity index (χ3n) is 3.09. The Hall–Kier alpha value is -2.29. The van der Waals surface area contributed by atoms with Gasteiger partial charge in [-0.1, -0.05) is 43.3 Å². The second-order valence-corrected chi connectivity index (χ2v) is 4.61. The SMILES string of the molecule is CCc1ccccc1N[C@@H](C)C(=O)Oc1ccccc1. The van der Waals surface area contributed by atoms with Gasteiger partial charge in [0.05, 0.1) is 0 Å². The van der Waals surface area contributed by atoms with E-state index < -0.39 is 6.04 Å². The van der Waals surface area contributed by atoms with Crippen molar-refractivity contribution in [1.29, 1.82) is 0 Å². The molecule has 0 radical (unpaired) electrons. The van der Waals surface area contributed by atoms with Gasteiger partial charge in [0.2, 0.25) is 0 Å². The summed E-state index contributed by atoms with van der Waals surface area (Å²) >= 11 is 0. The van der Waals surface area contributed by atoms with Gasteiger partial charge in [0.25, 0.3) is 0 Å². The molecule has 0 aliphatic heterocycles. The van der Waals surface area contributed by atoms with Gasteiger partial charge in [-0.2, -0.15) is 0 Å². The van der Waals surface area contributed by atoms with Crippen LogP contribution in [0.15, 0.2) is 54.6 Å². The summed E-state index contributed by atoms with van der Waals surface area (Å²) in [7, 11) is 0. The van der Waals surface area contributed by atoms with Gasteiger partial charge in [0.1, 0.15) is 11.8 Å².